The Bertz CT molecular complexity index is 583. The Morgan fingerprint density at radius 1 is 1.24 bits per heavy atom. The molecule has 2 aromatic rings. The number of hydrogen-bond donors (Lipinski definition) is 1. The van der Waals surface area contributed by atoms with E-state index in [9.17, 15) is 0 Å². The van der Waals surface area contributed by atoms with Crippen molar-refractivity contribution >= 4 is 39.2 Å². The molecule has 2 nitrogen and oxygen atoms in total. The highest BCUT2D eigenvalue weighted by Crippen LogP contribution is 2.30. The maximum absolute atomic E-state index is 6.13. The van der Waals surface area contributed by atoms with Gasteiger partial charge in [-0.3, -0.25) is 4.98 Å². The fourth-order valence-corrected chi connectivity index (χ4v) is 2.25. The Morgan fingerprint density at radius 2 is 1.88 bits per heavy atom. The van der Waals surface area contributed by atoms with Gasteiger partial charge in [0.25, 0.3) is 0 Å². The number of nitrogens with two attached hydrogens (primary N) is 1. The van der Waals surface area contributed by atoms with Crippen molar-refractivity contribution in [2.75, 3.05) is 5.73 Å². The summed E-state index contributed by atoms with van der Waals surface area (Å²) < 4.78 is 1.23. The highest BCUT2D eigenvalue weighted by atomic mass is 127. The van der Waals surface area contributed by atoms with E-state index in [1.54, 1.807) is 0 Å². The second-order valence-corrected chi connectivity index (χ2v) is 6.58. The van der Waals surface area contributed by atoms with Crippen molar-refractivity contribution < 1.29 is 0 Å². The molecule has 1 heterocycles. The third-order valence-corrected chi connectivity index (χ3v) is 4.14. The summed E-state index contributed by atoms with van der Waals surface area (Å²) in [5, 5.41) is 1.05. The Kier molecular flexibility index (Phi) is 3.06. The van der Waals surface area contributed by atoms with E-state index in [-0.39, 0.29) is 5.41 Å². The lowest BCUT2D eigenvalue weighted by molar-refractivity contribution is 0.572. The SMILES string of the molecule is Cc1c(I)ccc2c(N)cc(C(C)(C)C)nc12. The summed E-state index contributed by atoms with van der Waals surface area (Å²) in [5.41, 5.74) is 10.3. The zero-order valence-corrected chi connectivity index (χ0v) is 12.8. The average molecular weight is 340 g/mol. The molecule has 0 atom stereocenters. The van der Waals surface area contributed by atoms with Crippen molar-refractivity contribution in [3.63, 3.8) is 0 Å². The van der Waals surface area contributed by atoms with Gasteiger partial charge in [0.2, 0.25) is 0 Å². The number of hydrogen-bond acceptors (Lipinski definition) is 2. The van der Waals surface area contributed by atoms with Crippen LogP contribution in [0.4, 0.5) is 5.69 Å². The van der Waals surface area contributed by atoms with Crippen LogP contribution >= 0.6 is 22.6 Å². The largest absolute Gasteiger partial charge is 0.398 e. The topological polar surface area (TPSA) is 38.9 Å². The number of fused-ring (bicyclic) bond motifs is 1. The van der Waals surface area contributed by atoms with Gasteiger partial charge < -0.3 is 5.73 Å². The van der Waals surface area contributed by atoms with Crippen LogP contribution in [0, 0.1) is 10.5 Å². The van der Waals surface area contributed by atoms with Crippen molar-refractivity contribution in [1.82, 2.24) is 4.98 Å². The van der Waals surface area contributed by atoms with Crippen molar-refractivity contribution in [3.8, 4) is 0 Å². The summed E-state index contributed by atoms with van der Waals surface area (Å²) in [7, 11) is 0. The Hall–Kier alpha value is -0.840. The highest BCUT2D eigenvalue weighted by molar-refractivity contribution is 14.1. The second-order valence-electron chi connectivity index (χ2n) is 5.42. The van der Waals surface area contributed by atoms with Crippen molar-refractivity contribution in [2.45, 2.75) is 33.1 Å². The number of benzene rings is 1. The van der Waals surface area contributed by atoms with Crippen molar-refractivity contribution in [2.24, 2.45) is 0 Å². The summed E-state index contributed by atoms with van der Waals surface area (Å²) in [5.74, 6) is 0. The minimum Gasteiger partial charge on any atom is -0.398 e. The van der Waals surface area contributed by atoms with Gasteiger partial charge in [0.1, 0.15) is 0 Å². The van der Waals surface area contributed by atoms with Gasteiger partial charge in [-0.1, -0.05) is 20.8 Å². The number of nitrogens with zero attached hydrogens (tertiary/aromatic N) is 1. The molecule has 3 heteroatoms. The van der Waals surface area contributed by atoms with Crippen LogP contribution in [0.3, 0.4) is 0 Å². The van der Waals surface area contributed by atoms with E-state index in [0.717, 1.165) is 22.3 Å². The molecule has 1 aromatic carbocycles. The molecule has 0 aliphatic carbocycles. The minimum atomic E-state index is 0.0238. The van der Waals surface area contributed by atoms with E-state index in [1.807, 2.05) is 6.07 Å². The van der Waals surface area contributed by atoms with Gasteiger partial charge in [-0.2, -0.15) is 0 Å². The first-order chi connectivity index (χ1) is 7.80. The molecule has 0 saturated carbocycles. The van der Waals surface area contributed by atoms with Gasteiger partial charge in [0, 0.05) is 25.8 Å². The van der Waals surface area contributed by atoms with E-state index < -0.39 is 0 Å². The lowest BCUT2D eigenvalue weighted by atomic mass is 9.90. The molecule has 0 fully saturated rings. The molecule has 1 aromatic heterocycles. The predicted molar refractivity (Wildman–Crippen MR) is 82.3 cm³/mol. The fraction of sp³-hybridized carbons (Fsp3) is 0.357. The number of halogens is 1. The highest BCUT2D eigenvalue weighted by Gasteiger charge is 2.18. The first-order valence-corrected chi connectivity index (χ1v) is 6.74. The summed E-state index contributed by atoms with van der Waals surface area (Å²) in [6, 6.07) is 6.14. The van der Waals surface area contributed by atoms with Gasteiger partial charge in [0.05, 0.1) is 5.52 Å². The third-order valence-electron chi connectivity index (χ3n) is 2.97. The number of rotatable bonds is 0. The van der Waals surface area contributed by atoms with Crippen LogP contribution in [0.25, 0.3) is 10.9 Å². The van der Waals surface area contributed by atoms with Crippen LogP contribution in [-0.2, 0) is 5.41 Å². The van der Waals surface area contributed by atoms with E-state index in [1.165, 1.54) is 9.13 Å². The van der Waals surface area contributed by atoms with E-state index >= 15 is 0 Å². The van der Waals surface area contributed by atoms with E-state index in [4.69, 9.17) is 10.7 Å². The molecule has 0 aliphatic rings. The molecule has 0 bridgehead atoms. The first kappa shape index (κ1) is 12.6. The number of aryl methyl sites for hydroxylation is 1. The standard InChI is InChI=1S/C14H17IN2/c1-8-10(15)6-5-9-11(16)7-12(14(2,3)4)17-13(8)9/h5-7H,1-4H3,(H2,16,17). The van der Waals surface area contributed by atoms with Crippen molar-refractivity contribution in [3.05, 3.63) is 33.0 Å². The molecule has 17 heavy (non-hydrogen) atoms. The predicted octanol–water partition coefficient (Wildman–Crippen LogP) is 4.03. The molecule has 0 saturated heterocycles. The summed E-state index contributed by atoms with van der Waals surface area (Å²) in [4.78, 5) is 4.78. The quantitative estimate of drug-likeness (QED) is 0.736. The fourth-order valence-electron chi connectivity index (χ4n) is 1.81. The Labute approximate surface area is 116 Å². The van der Waals surface area contributed by atoms with Crippen LogP contribution in [-0.4, -0.2) is 4.98 Å². The van der Waals surface area contributed by atoms with Crippen LogP contribution < -0.4 is 5.73 Å². The molecule has 0 amide bonds. The van der Waals surface area contributed by atoms with Gasteiger partial charge >= 0.3 is 0 Å². The molecule has 2 rings (SSSR count). The summed E-state index contributed by atoms with van der Waals surface area (Å²) >= 11 is 2.34. The van der Waals surface area contributed by atoms with Gasteiger partial charge in [-0.25, -0.2) is 0 Å². The molecule has 0 unspecified atom stereocenters. The third kappa shape index (κ3) is 2.25. The average Bonchev–Trinajstić information content (AvgIpc) is 2.22. The molecule has 0 radical (unpaired) electrons. The van der Waals surface area contributed by atoms with Crippen LogP contribution in [0.2, 0.25) is 0 Å². The van der Waals surface area contributed by atoms with Crippen molar-refractivity contribution in [1.29, 1.82) is 0 Å². The smallest absolute Gasteiger partial charge is 0.0765 e. The lowest BCUT2D eigenvalue weighted by Crippen LogP contribution is -2.14. The molecule has 0 aliphatic heterocycles. The Morgan fingerprint density at radius 3 is 2.47 bits per heavy atom. The van der Waals surface area contributed by atoms with Gasteiger partial charge in [-0.05, 0) is 53.3 Å². The zero-order valence-electron chi connectivity index (χ0n) is 10.6. The Balaban J connectivity index is 2.84. The van der Waals surface area contributed by atoms with Crippen LogP contribution in [0.5, 0.6) is 0 Å². The molecular weight excluding hydrogens is 323 g/mol. The molecule has 2 N–H and O–H groups in total. The maximum Gasteiger partial charge on any atom is 0.0765 e. The summed E-state index contributed by atoms with van der Waals surface area (Å²) in [6.07, 6.45) is 0. The first-order valence-electron chi connectivity index (χ1n) is 5.66. The number of nitrogen functional groups attached to an aromatic ring is 1. The number of aromatic nitrogens is 1. The van der Waals surface area contributed by atoms with E-state index in [0.29, 0.717) is 0 Å². The lowest BCUT2D eigenvalue weighted by Gasteiger charge is -2.19. The van der Waals surface area contributed by atoms with E-state index in [2.05, 4.69) is 62.4 Å². The maximum atomic E-state index is 6.13. The monoisotopic (exact) mass is 340 g/mol. The summed E-state index contributed by atoms with van der Waals surface area (Å²) in [6.45, 7) is 8.57. The number of pyridine rings is 1. The molecule has 90 valence electrons. The number of anilines is 1. The minimum absolute atomic E-state index is 0.0238. The van der Waals surface area contributed by atoms with Gasteiger partial charge in [0.15, 0.2) is 0 Å². The normalized spacial score (nSPS) is 12.1. The zero-order chi connectivity index (χ0) is 12.8. The van der Waals surface area contributed by atoms with Crippen LogP contribution in [0.1, 0.15) is 32.0 Å². The molecular formula is C14H17IN2. The van der Waals surface area contributed by atoms with Gasteiger partial charge in [-0.15, -0.1) is 0 Å². The van der Waals surface area contributed by atoms with Crippen LogP contribution in [0.15, 0.2) is 18.2 Å². The molecule has 0 spiro atoms. The second kappa shape index (κ2) is 4.12.